The van der Waals surface area contributed by atoms with E-state index in [4.69, 9.17) is 18.9 Å². The third kappa shape index (κ3) is 5.11. The number of para-hydroxylation sites is 1. The number of nitrogens with zero attached hydrogens (tertiary/aromatic N) is 1. The van der Waals surface area contributed by atoms with Crippen molar-refractivity contribution < 1.29 is 23.7 Å². The third-order valence-corrected chi connectivity index (χ3v) is 6.32. The first-order valence-electron chi connectivity index (χ1n) is 11.9. The van der Waals surface area contributed by atoms with Crippen molar-refractivity contribution in [2.24, 2.45) is 0 Å². The minimum absolute atomic E-state index is 0.00503. The summed E-state index contributed by atoms with van der Waals surface area (Å²) in [7, 11) is 1.59. The maximum Gasteiger partial charge on any atom is 0.253 e. The molecule has 0 N–H and O–H groups in total. The van der Waals surface area contributed by atoms with Gasteiger partial charge in [0.05, 0.1) is 25.4 Å². The van der Waals surface area contributed by atoms with Crippen LogP contribution in [0, 0.1) is 0 Å². The number of piperidine rings is 1. The summed E-state index contributed by atoms with van der Waals surface area (Å²) in [6, 6.07) is 13.5. The Morgan fingerprint density at radius 3 is 2.42 bits per heavy atom. The lowest BCUT2D eigenvalue weighted by Gasteiger charge is -2.47. The molecule has 0 saturated carbocycles. The number of hydrogen-bond acceptors (Lipinski definition) is 5. The molecule has 0 bridgehead atoms. The van der Waals surface area contributed by atoms with Gasteiger partial charge in [0.25, 0.3) is 5.91 Å². The average Bonchev–Trinajstić information content (AvgIpc) is 2.78. The van der Waals surface area contributed by atoms with Gasteiger partial charge in [-0.25, -0.2) is 0 Å². The van der Waals surface area contributed by atoms with Gasteiger partial charge in [-0.15, -0.1) is 0 Å². The van der Waals surface area contributed by atoms with Crippen molar-refractivity contribution in [2.45, 2.75) is 70.9 Å². The molecule has 178 valence electrons. The molecule has 0 aliphatic carbocycles. The number of fused-ring (bicyclic) bond motifs is 1. The SMILES string of the molecule is COc1cc(C(=O)N2CCC3(CC2)C[C@H](OC(C)C)c2ccccc2O3)ccc1OC(C)C. The highest BCUT2D eigenvalue weighted by atomic mass is 16.5. The minimum atomic E-state index is -0.308. The molecule has 2 aliphatic heterocycles. The number of amides is 1. The van der Waals surface area contributed by atoms with Crippen LogP contribution in [-0.2, 0) is 4.74 Å². The van der Waals surface area contributed by atoms with E-state index in [1.165, 1.54) is 0 Å². The van der Waals surface area contributed by atoms with E-state index in [0.717, 1.165) is 30.6 Å². The Kier molecular flexibility index (Phi) is 6.84. The predicted octanol–water partition coefficient (Wildman–Crippen LogP) is 5.41. The summed E-state index contributed by atoms with van der Waals surface area (Å²) >= 11 is 0. The van der Waals surface area contributed by atoms with Crippen LogP contribution in [0.1, 0.15) is 69.0 Å². The zero-order chi connectivity index (χ0) is 23.6. The first-order valence-corrected chi connectivity index (χ1v) is 11.9. The lowest BCUT2D eigenvalue weighted by molar-refractivity contribution is -0.0872. The molecular weight excluding hydrogens is 418 g/mol. The lowest BCUT2D eigenvalue weighted by Crippen LogP contribution is -2.52. The fourth-order valence-corrected chi connectivity index (χ4v) is 4.77. The smallest absolute Gasteiger partial charge is 0.253 e. The van der Waals surface area contributed by atoms with Crippen LogP contribution in [0.5, 0.6) is 17.2 Å². The lowest BCUT2D eigenvalue weighted by atomic mass is 9.81. The molecule has 1 atom stereocenters. The molecule has 1 saturated heterocycles. The quantitative estimate of drug-likeness (QED) is 0.586. The zero-order valence-corrected chi connectivity index (χ0v) is 20.3. The molecule has 2 aromatic rings. The highest BCUT2D eigenvalue weighted by Gasteiger charge is 2.44. The predicted molar refractivity (Wildman–Crippen MR) is 127 cm³/mol. The van der Waals surface area contributed by atoms with Gasteiger partial charge in [0.2, 0.25) is 0 Å². The molecule has 2 aromatic carbocycles. The van der Waals surface area contributed by atoms with Crippen LogP contribution in [-0.4, -0.2) is 48.8 Å². The van der Waals surface area contributed by atoms with Gasteiger partial charge in [-0.2, -0.15) is 0 Å². The van der Waals surface area contributed by atoms with Crippen molar-refractivity contribution in [1.82, 2.24) is 4.90 Å². The molecule has 1 fully saturated rings. The summed E-state index contributed by atoms with van der Waals surface area (Å²) in [6.07, 6.45) is 2.53. The number of methoxy groups -OCH3 is 1. The highest BCUT2D eigenvalue weighted by Crippen LogP contribution is 2.46. The Morgan fingerprint density at radius 1 is 1.03 bits per heavy atom. The van der Waals surface area contributed by atoms with E-state index in [1.807, 2.05) is 49.1 Å². The summed E-state index contributed by atoms with van der Waals surface area (Å²) in [5.41, 5.74) is 1.41. The maximum absolute atomic E-state index is 13.2. The number of carbonyl (C=O) groups is 1. The van der Waals surface area contributed by atoms with Crippen molar-refractivity contribution in [2.75, 3.05) is 20.2 Å². The Bertz CT molecular complexity index is 978. The van der Waals surface area contributed by atoms with Crippen LogP contribution < -0.4 is 14.2 Å². The molecular formula is C27H35NO5. The van der Waals surface area contributed by atoms with Gasteiger partial charge in [0.15, 0.2) is 11.5 Å². The van der Waals surface area contributed by atoms with Crippen LogP contribution in [0.2, 0.25) is 0 Å². The maximum atomic E-state index is 13.2. The van der Waals surface area contributed by atoms with Gasteiger partial charge in [0.1, 0.15) is 11.4 Å². The summed E-state index contributed by atoms with van der Waals surface area (Å²) in [5, 5.41) is 0. The van der Waals surface area contributed by atoms with Gasteiger partial charge in [-0.3, -0.25) is 4.79 Å². The first kappa shape index (κ1) is 23.4. The van der Waals surface area contributed by atoms with E-state index >= 15 is 0 Å². The van der Waals surface area contributed by atoms with Crippen molar-refractivity contribution in [3.63, 3.8) is 0 Å². The molecule has 1 spiro atoms. The number of carbonyl (C=O) groups excluding carboxylic acids is 1. The Labute approximate surface area is 196 Å². The summed E-state index contributed by atoms with van der Waals surface area (Å²) < 4.78 is 24.0. The molecule has 33 heavy (non-hydrogen) atoms. The normalized spacial score (nSPS) is 19.4. The van der Waals surface area contributed by atoms with E-state index < -0.39 is 0 Å². The second-order valence-corrected chi connectivity index (χ2v) is 9.52. The Balaban J connectivity index is 1.47. The van der Waals surface area contributed by atoms with Crippen LogP contribution in [0.15, 0.2) is 42.5 Å². The van der Waals surface area contributed by atoms with Gasteiger partial charge in [-0.1, -0.05) is 18.2 Å². The van der Waals surface area contributed by atoms with E-state index in [-0.39, 0.29) is 29.8 Å². The Hall–Kier alpha value is -2.73. The standard InChI is InChI=1S/C27H35NO5/c1-18(2)31-23-11-10-20(16-24(23)30-5)26(29)28-14-12-27(13-15-28)17-25(32-19(3)4)21-8-6-7-9-22(21)33-27/h6-11,16,18-19,25H,12-15,17H2,1-5H3/t25-/m0/s1. The summed E-state index contributed by atoms with van der Waals surface area (Å²) in [5.74, 6) is 2.13. The fraction of sp³-hybridized carbons (Fsp3) is 0.519. The van der Waals surface area contributed by atoms with Crippen molar-refractivity contribution in [3.8, 4) is 17.2 Å². The molecule has 2 heterocycles. The molecule has 1 amide bonds. The van der Waals surface area contributed by atoms with Gasteiger partial charge >= 0.3 is 0 Å². The number of ether oxygens (including phenoxy) is 4. The highest BCUT2D eigenvalue weighted by molar-refractivity contribution is 5.95. The van der Waals surface area contributed by atoms with E-state index in [0.29, 0.717) is 30.2 Å². The van der Waals surface area contributed by atoms with E-state index in [2.05, 4.69) is 19.9 Å². The second-order valence-electron chi connectivity index (χ2n) is 9.52. The molecule has 6 heteroatoms. The van der Waals surface area contributed by atoms with Crippen molar-refractivity contribution >= 4 is 5.91 Å². The van der Waals surface area contributed by atoms with Crippen molar-refractivity contribution in [1.29, 1.82) is 0 Å². The van der Waals surface area contributed by atoms with Crippen LogP contribution in [0.25, 0.3) is 0 Å². The zero-order valence-electron chi connectivity index (χ0n) is 20.3. The first-order chi connectivity index (χ1) is 15.8. The van der Waals surface area contributed by atoms with Crippen molar-refractivity contribution in [3.05, 3.63) is 53.6 Å². The number of likely N-dealkylation sites (tertiary alicyclic amines) is 1. The van der Waals surface area contributed by atoms with Crippen LogP contribution >= 0.6 is 0 Å². The number of benzene rings is 2. The number of rotatable bonds is 6. The summed E-state index contributed by atoms with van der Waals surface area (Å²) in [6.45, 7) is 9.34. The van der Waals surface area contributed by atoms with E-state index in [9.17, 15) is 4.79 Å². The van der Waals surface area contributed by atoms with Gasteiger partial charge in [0, 0.05) is 43.5 Å². The summed E-state index contributed by atoms with van der Waals surface area (Å²) in [4.78, 5) is 15.2. The van der Waals surface area contributed by atoms with Crippen LogP contribution in [0.4, 0.5) is 0 Å². The average molecular weight is 454 g/mol. The third-order valence-electron chi connectivity index (χ3n) is 6.32. The second kappa shape index (κ2) is 9.64. The Morgan fingerprint density at radius 2 is 1.76 bits per heavy atom. The largest absolute Gasteiger partial charge is 0.493 e. The minimum Gasteiger partial charge on any atom is -0.493 e. The van der Waals surface area contributed by atoms with E-state index in [1.54, 1.807) is 13.2 Å². The number of hydrogen-bond donors (Lipinski definition) is 0. The van der Waals surface area contributed by atoms with Crippen LogP contribution in [0.3, 0.4) is 0 Å². The molecule has 0 radical (unpaired) electrons. The molecule has 2 aliphatic rings. The molecule has 0 aromatic heterocycles. The topological polar surface area (TPSA) is 57.2 Å². The molecule has 0 unspecified atom stereocenters. The molecule has 6 nitrogen and oxygen atoms in total. The molecule has 4 rings (SSSR count). The van der Waals surface area contributed by atoms with Gasteiger partial charge < -0.3 is 23.8 Å². The fourth-order valence-electron chi connectivity index (χ4n) is 4.77. The monoisotopic (exact) mass is 453 g/mol. The van der Waals surface area contributed by atoms with Gasteiger partial charge in [-0.05, 0) is 52.0 Å².